The standard InChI is InChI=1S/C10H11ClN2O/c1-3-5-12-10(14)9-6-8(11)7-13(9)4-2/h1,6-7H,4-5H2,2H3,(H,12,14). The zero-order valence-electron chi connectivity index (χ0n) is 7.88. The lowest BCUT2D eigenvalue weighted by Crippen LogP contribution is -2.25. The van der Waals surface area contributed by atoms with E-state index in [-0.39, 0.29) is 12.5 Å². The van der Waals surface area contributed by atoms with Crippen LogP contribution in [-0.4, -0.2) is 17.0 Å². The third-order valence-electron chi connectivity index (χ3n) is 1.79. The van der Waals surface area contributed by atoms with Crippen molar-refractivity contribution >= 4 is 17.5 Å². The fraction of sp³-hybridized carbons (Fsp3) is 0.300. The Hall–Kier alpha value is -1.40. The van der Waals surface area contributed by atoms with Gasteiger partial charge >= 0.3 is 0 Å². The maximum Gasteiger partial charge on any atom is 0.268 e. The molecule has 0 aromatic carbocycles. The number of terminal acetylenes is 1. The number of halogens is 1. The van der Waals surface area contributed by atoms with Gasteiger partial charge in [-0.3, -0.25) is 4.79 Å². The zero-order valence-corrected chi connectivity index (χ0v) is 8.64. The molecular formula is C10H11ClN2O. The molecule has 74 valence electrons. The predicted octanol–water partition coefficient (Wildman–Crippen LogP) is 1.52. The van der Waals surface area contributed by atoms with E-state index >= 15 is 0 Å². The molecule has 1 aromatic rings. The van der Waals surface area contributed by atoms with Gasteiger partial charge < -0.3 is 9.88 Å². The van der Waals surface area contributed by atoms with Crippen LogP contribution in [0.1, 0.15) is 17.4 Å². The van der Waals surface area contributed by atoms with Crippen LogP contribution in [0.5, 0.6) is 0 Å². The average molecular weight is 211 g/mol. The Bertz CT molecular complexity index is 376. The summed E-state index contributed by atoms with van der Waals surface area (Å²) >= 11 is 5.78. The van der Waals surface area contributed by atoms with Gasteiger partial charge in [-0.25, -0.2) is 0 Å². The number of carbonyl (C=O) groups is 1. The summed E-state index contributed by atoms with van der Waals surface area (Å²) in [5.74, 6) is 2.14. The molecule has 0 fully saturated rings. The molecule has 4 heteroatoms. The van der Waals surface area contributed by atoms with Gasteiger partial charge in [0.05, 0.1) is 11.6 Å². The van der Waals surface area contributed by atoms with E-state index in [4.69, 9.17) is 18.0 Å². The van der Waals surface area contributed by atoms with Crippen molar-refractivity contribution in [2.75, 3.05) is 6.54 Å². The van der Waals surface area contributed by atoms with Crippen LogP contribution in [0.3, 0.4) is 0 Å². The van der Waals surface area contributed by atoms with Crippen molar-refractivity contribution in [3.8, 4) is 12.3 Å². The highest BCUT2D eigenvalue weighted by atomic mass is 35.5. The van der Waals surface area contributed by atoms with Crippen molar-refractivity contribution in [2.24, 2.45) is 0 Å². The van der Waals surface area contributed by atoms with Crippen molar-refractivity contribution in [1.29, 1.82) is 0 Å². The van der Waals surface area contributed by atoms with Crippen LogP contribution < -0.4 is 5.32 Å². The number of aryl methyl sites for hydroxylation is 1. The van der Waals surface area contributed by atoms with Crippen LogP contribution in [0.2, 0.25) is 5.02 Å². The number of nitrogens with one attached hydrogen (secondary N) is 1. The first kappa shape index (κ1) is 10.7. The molecule has 0 unspecified atom stereocenters. The second-order valence-corrected chi connectivity index (χ2v) is 3.15. The van der Waals surface area contributed by atoms with Gasteiger partial charge in [0.2, 0.25) is 0 Å². The molecule has 3 nitrogen and oxygen atoms in total. The van der Waals surface area contributed by atoms with Gasteiger partial charge in [0.15, 0.2) is 0 Å². The summed E-state index contributed by atoms with van der Waals surface area (Å²) in [5, 5.41) is 3.14. The van der Waals surface area contributed by atoms with Gasteiger partial charge in [0, 0.05) is 12.7 Å². The molecule has 1 rings (SSSR count). The van der Waals surface area contributed by atoms with E-state index in [1.807, 2.05) is 6.92 Å². The summed E-state index contributed by atoms with van der Waals surface area (Å²) in [6, 6.07) is 1.62. The molecule has 0 aliphatic carbocycles. The topological polar surface area (TPSA) is 34.0 Å². The third-order valence-corrected chi connectivity index (χ3v) is 1.99. The lowest BCUT2D eigenvalue weighted by Gasteiger charge is -2.04. The smallest absolute Gasteiger partial charge is 0.268 e. The van der Waals surface area contributed by atoms with Gasteiger partial charge in [-0.2, -0.15) is 0 Å². The molecule has 0 atom stereocenters. The van der Waals surface area contributed by atoms with Gasteiger partial charge in [0.1, 0.15) is 5.69 Å². The molecule has 0 bridgehead atoms. The van der Waals surface area contributed by atoms with Crippen molar-refractivity contribution < 1.29 is 4.79 Å². The first-order valence-corrected chi connectivity index (χ1v) is 4.64. The molecule has 0 aliphatic heterocycles. The highest BCUT2D eigenvalue weighted by Crippen LogP contribution is 2.13. The number of aromatic nitrogens is 1. The molecule has 1 N–H and O–H groups in total. The summed E-state index contributed by atoms with van der Waals surface area (Å²) in [7, 11) is 0. The molecule has 0 saturated heterocycles. The van der Waals surface area contributed by atoms with Crippen molar-refractivity contribution in [1.82, 2.24) is 9.88 Å². The average Bonchev–Trinajstić information content (AvgIpc) is 2.56. The summed E-state index contributed by atoms with van der Waals surface area (Å²) < 4.78 is 1.77. The molecule has 0 aliphatic rings. The molecule has 1 aromatic heterocycles. The minimum absolute atomic E-state index is 0.197. The van der Waals surface area contributed by atoms with E-state index < -0.39 is 0 Å². The second kappa shape index (κ2) is 4.73. The van der Waals surface area contributed by atoms with Crippen molar-refractivity contribution in [2.45, 2.75) is 13.5 Å². The largest absolute Gasteiger partial charge is 0.342 e. The maximum absolute atomic E-state index is 11.5. The molecule has 1 heterocycles. The van der Waals surface area contributed by atoms with Crippen LogP contribution in [0.15, 0.2) is 12.3 Å². The van der Waals surface area contributed by atoms with Gasteiger partial charge in [-0.15, -0.1) is 6.42 Å². The van der Waals surface area contributed by atoms with Crippen LogP contribution in [0.4, 0.5) is 0 Å². The molecular weight excluding hydrogens is 200 g/mol. The number of rotatable bonds is 3. The first-order valence-electron chi connectivity index (χ1n) is 4.26. The Morgan fingerprint density at radius 3 is 3.07 bits per heavy atom. The number of carbonyl (C=O) groups excluding carboxylic acids is 1. The van der Waals surface area contributed by atoms with E-state index in [2.05, 4.69) is 11.2 Å². The van der Waals surface area contributed by atoms with E-state index in [0.29, 0.717) is 17.3 Å². The van der Waals surface area contributed by atoms with Crippen LogP contribution >= 0.6 is 11.6 Å². The molecule has 0 spiro atoms. The Balaban J connectivity index is 2.84. The van der Waals surface area contributed by atoms with E-state index in [0.717, 1.165) is 0 Å². The molecule has 1 amide bonds. The quantitative estimate of drug-likeness (QED) is 0.755. The third kappa shape index (κ3) is 2.30. The zero-order chi connectivity index (χ0) is 10.6. The maximum atomic E-state index is 11.5. The minimum atomic E-state index is -0.197. The van der Waals surface area contributed by atoms with Gasteiger partial charge in [-0.1, -0.05) is 17.5 Å². The Morgan fingerprint density at radius 1 is 1.79 bits per heavy atom. The second-order valence-electron chi connectivity index (χ2n) is 2.72. The number of hydrogen-bond donors (Lipinski definition) is 1. The molecule has 14 heavy (non-hydrogen) atoms. The Morgan fingerprint density at radius 2 is 2.50 bits per heavy atom. The van der Waals surface area contributed by atoms with Crippen LogP contribution in [-0.2, 0) is 6.54 Å². The first-order chi connectivity index (χ1) is 6.69. The van der Waals surface area contributed by atoms with E-state index in [1.165, 1.54) is 0 Å². The monoisotopic (exact) mass is 210 g/mol. The van der Waals surface area contributed by atoms with E-state index in [9.17, 15) is 4.79 Å². The Labute approximate surface area is 88.1 Å². The summed E-state index contributed by atoms with van der Waals surface area (Å²) in [5.41, 5.74) is 0.535. The summed E-state index contributed by atoms with van der Waals surface area (Å²) in [6.07, 6.45) is 6.75. The van der Waals surface area contributed by atoms with Gasteiger partial charge in [-0.05, 0) is 13.0 Å². The summed E-state index contributed by atoms with van der Waals surface area (Å²) in [6.45, 7) is 2.87. The SMILES string of the molecule is C#CCNC(=O)c1cc(Cl)cn1CC. The van der Waals surface area contributed by atoms with Crippen LogP contribution in [0, 0.1) is 12.3 Å². The van der Waals surface area contributed by atoms with Crippen LogP contribution in [0.25, 0.3) is 0 Å². The number of hydrogen-bond acceptors (Lipinski definition) is 1. The molecule has 0 radical (unpaired) electrons. The van der Waals surface area contributed by atoms with Crippen molar-refractivity contribution in [3.05, 3.63) is 23.0 Å². The highest BCUT2D eigenvalue weighted by Gasteiger charge is 2.10. The lowest BCUT2D eigenvalue weighted by atomic mass is 10.4. The fourth-order valence-electron chi connectivity index (χ4n) is 1.15. The Kier molecular flexibility index (Phi) is 3.61. The molecule has 0 saturated carbocycles. The van der Waals surface area contributed by atoms with Crippen molar-refractivity contribution in [3.63, 3.8) is 0 Å². The summed E-state index contributed by atoms with van der Waals surface area (Å²) in [4.78, 5) is 11.5. The fourth-order valence-corrected chi connectivity index (χ4v) is 1.37. The number of nitrogens with zero attached hydrogens (tertiary/aromatic N) is 1. The normalized spacial score (nSPS) is 9.50. The van der Waals surface area contributed by atoms with E-state index in [1.54, 1.807) is 16.8 Å². The highest BCUT2D eigenvalue weighted by molar-refractivity contribution is 6.31. The minimum Gasteiger partial charge on any atom is -0.342 e. The lowest BCUT2D eigenvalue weighted by molar-refractivity contribution is 0.0949. The van der Waals surface area contributed by atoms with Gasteiger partial charge in [0.25, 0.3) is 5.91 Å². The predicted molar refractivity (Wildman–Crippen MR) is 56.3 cm³/mol. The number of amides is 1.